The van der Waals surface area contributed by atoms with Gasteiger partial charge in [-0.3, -0.25) is 0 Å². The van der Waals surface area contributed by atoms with Crippen LogP contribution in [0.3, 0.4) is 0 Å². The maximum Gasteiger partial charge on any atom is 0.176 e. The molecule has 1 heterocycles. The number of anilines is 1. The van der Waals surface area contributed by atoms with E-state index in [2.05, 4.69) is 5.16 Å². The molecule has 2 N–H and O–H groups in total. The van der Waals surface area contributed by atoms with Crippen molar-refractivity contribution in [3.8, 4) is 22.5 Å². The van der Waals surface area contributed by atoms with Crippen molar-refractivity contribution < 1.29 is 8.91 Å². The second-order valence-corrected chi connectivity index (χ2v) is 4.72. The molecular weight excluding hydrogens is 279 g/mol. The van der Waals surface area contributed by atoms with Crippen molar-refractivity contribution in [1.29, 1.82) is 0 Å². The maximum absolute atomic E-state index is 13.0. The number of benzene rings is 2. The number of halogens is 2. The molecule has 3 aromatic rings. The fourth-order valence-electron chi connectivity index (χ4n) is 2.00. The third-order valence-corrected chi connectivity index (χ3v) is 3.21. The average molecular weight is 289 g/mol. The van der Waals surface area contributed by atoms with E-state index in [4.69, 9.17) is 21.9 Å². The van der Waals surface area contributed by atoms with Crippen LogP contribution in [0.2, 0.25) is 5.02 Å². The molecule has 0 radical (unpaired) electrons. The normalized spacial score (nSPS) is 10.7. The van der Waals surface area contributed by atoms with Crippen molar-refractivity contribution in [1.82, 2.24) is 5.16 Å². The Hall–Kier alpha value is -2.33. The van der Waals surface area contributed by atoms with Crippen molar-refractivity contribution in [3.05, 3.63) is 59.4 Å². The number of nitrogens with zero attached hydrogens (tertiary/aromatic N) is 1. The smallest absolute Gasteiger partial charge is 0.176 e. The Morgan fingerprint density at radius 2 is 1.55 bits per heavy atom. The average Bonchev–Trinajstić information content (AvgIpc) is 2.83. The zero-order valence-electron chi connectivity index (χ0n) is 10.3. The molecule has 0 saturated heterocycles. The summed E-state index contributed by atoms with van der Waals surface area (Å²) in [6.07, 6.45) is 0. The second-order valence-electron chi connectivity index (χ2n) is 4.29. The van der Waals surface area contributed by atoms with Crippen LogP contribution in [0, 0.1) is 5.82 Å². The summed E-state index contributed by atoms with van der Waals surface area (Å²) < 4.78 is 18.3. The van der Waals surface area contributed by atoms with Crippen LogP contribution >= 0.6 is 11.6 Å². The van der Waals surface area contributed by atoms with E-state index in [1.54, 1.807) is 24.3 Å². The first-order valence-corrected chi connectivity index (χ1v) is 6.30. The van der Waals surface area contributed by atoms with E-state index in [1.165, 1.54) is 12.1 Å². The summed E-state index contributed by atoms with van der Waals surface area (Å²) in [7, 11) is 0. The number of aromatic nitrogens is 1. The third-order valence-electron chi connectivity index (χ3n) is 2.96. The van der Waals surface area contributed by atoms with E-state index in [1.807, 2.05) is 12.1 Å². The van der Waals surface area contributed by atoms with Gasteiger partial charge < -0.3 is 10.3 Å². The van der Waals surface area contributed by atoms with Gasteiger partial charge >= 0.3 is 0 Å². The predicted molar refractivity (Wildman–Crippen MR) is 76.8 cm³/mol. The number of nitrogen functional groups attached to an aromatic ring is 1. The Bertz CT molecular complexity index is 736. The Morgan fingerprint density at radius 3 is 2.20 bits per heavy atom. The summed E-state index contributed by atoms with van der Waals surface area (Å²) in [5, 5.41) is 4.42. The highest BCUT2D eigenvalue weighted by atomic mass is 35.5. The topological polar surface area (TPSA) is 52.0 Å². The molecule has 2 aromatic carbocycles. The molecular formula is C15H10ClFN2O. The molecule has 100 valence electrons. The molecule has 0 unspecified atom stereocenters. The standard InChI is InChI=1S/C15H10ClFN2O/c16-11-5-1-9(2-6-11)13-14(20-19-15(13)18)10-3-7-12(17)8-4-10/h1-8H,(H2,18,19). The summed E-state index contributed by atoms with van der Waals surface area (Å²) in [6, 6.07) is 13.1. The summed E-state index contributed by atoms with van der Waals surface area (Å²) >= 11 is 5.88. The minimum atomic E-state index is -0.311. The summed E-state index contributed by atoms with van der Waals surface area (Å²) in [6.45, 7) is 0. The van der Waals surface area contributed by atoms with E-state index < -0.39 is 0 Å². The van der Waals surface area contributed by atoms with Crippen LogP contribution in [0.4, 0.5) is 10.2 Å². The summed E-state index contributed by atoms with van der Waals surface area (Å²) in [5.74, 6) is 0.478. The van der Waals surface area contributed by atoms with Crippen LogP contribution in [-0.4, -0.2) is 5.16 Å². The molecule has 3 nitrogen and oxygen atoms in total. The molecule has 3 rings (SSSR count). The molecule has 0 amide bonds. The molecule has 0 saturated carbocycles. The molecule has 1 aromatic heterocycles. The molecule has 0 spiro atoms. The van der Waals surface area contributed by atoms with Crippen molar-refractivity contribution >= 4 is 17.4 Å². The van der Waals surface area contributed by atoms with Crippen molar-refractivity contribution in [2.75, 3.05) is 5.73 Å². The third kappa shape index (κ3) is 2.26. The number of hydrogen-bond donors (Lipinski definition) is 1. The van der Waals surface area contributed by atoms with Gasteiger partial charge in [-0.05, 0) is 42.0 Å². The SMILES string of the molecule is Nc1noc(-c2ccc(F)cc2)c1-c1ccc(Cl)cc1. The van der Waals surface area contributed by atoms with Crippen molar-refractivity contribution in [2.24, 2.45) is 0 Å². The lowest BCUT2D eigenvalue weighted by atomic mass is 10.0. The molecule has 0 aliphatic heterocycles. The van der Waals surface area contributed by atoms with E-state index >= 15 is 0 Å². The van der Waals surface area contributed by atoms with Gasteiger partial charge in [0, 0.05) is 10.6 Å². The highest BCUT2D eigenvalue weighted by Crippen LogP contribution is 2.36. The molecule has 5 heteroatoms. The van der Waals surface area contributed by atoms with Gasteiger partial charge in [0.1, 0.15) is 5.82 Å². The van der Waals surface area contributed by atoms with Gasteiger partial charge in [-0.15, -0.1) is 0 Å². The second kappa shape index (κ2) is 4.98. The van der Waals surface area contributed by atoms with Gasteiger partial charge in [-0.2, -0.15) is 0 Å². The zero-order chi connectivity index (χ0) is 14.1. The van der Waals surface area contributed by atoms with Gasteiger partial charge in [-0.25, -0.2) is 4.39 Å². The minimum absolute atomic E-state index is 0.284. The minimum Gasteiger partial charge on any atom is -0.380 e. The Morgan fingerprint density at radius 1 is 0.950 bits per heavy atom. The first kappa shape index (κ1) is 12.7. The van der Waals surface area contributed by atoms with Crippen LogP contribution in [0.5, 0.6) is 0 Å². The maximum atomic E-state index is 13.0. The molecule has 0 aliphatic carbocycles. The van der Waals surface area contributed by atoms with Gasteiger partial charge in [0.2, 0.25) is 0 Å². The van der Waals surface area contributed by atoms with Crippen LogP contribution in [0.15, 0.2) is 53.1 Å². The van der Waals surface area contributed by atoms with E-state index in [9.17, 15) is 4.39 Å². The lowest BCUT2D eigenvalue weighted by Gasteiger charge is -2.03. The van der Waals surface area contributed by atoms with E-state index in [0.29, 0.717) is 21.9 Å². The van der Waals surface area contributed by atoms with Gasteiger partial charge in [0.15, 0.2) is 11.6 Å². The van der Waals surface area contributed by atoms with Crippen LogP contribution in [-0.2, 0) is 0 Å². The fourth-order valence-corrected chi connectivity index (χ4v) is 2.12. The fraction of sp³-hybridized carbons (Fsp3) is 0. The molecule has 0 bridgehead atoms. The number of hydrogen-bond acceptors (Lipinski definition) is 3. The molecule has 0 atom stereocenters. The highest BCUT2D eigenvalue weighted by Gasteiger charge is 2.17. The predicted octanol–water partition coefficient (Wildman–Crippen LogP) is 4.38. The van der Waals surface area contributed by atoms with Gasteiger partial charge in [0.25, 0.3) is 0 Å². The van der Waals surface area contributed by atoms with Crippen molar-refractivity contribution in [2.45, 2.75) is 0 Å². The van der Waals surface area contributed by atoms with E-state index in [0.717, 1.165) is 5.56 Å². The lowest BCUT2D eigenvalue weighted by Crippen LogP contribution is -1.88. The van der Waals surface area contributed by atoms with Crippen LogP contribution in [0.1, 0.15) is 0 Å². The number of nitrogens with two attached hydrogens (primary N) is 1. The Balaban J connectivity index is 2.14. The summed E-state index contributed by atoms with van der Waals surface area (Å²) in [5.41, 5.74) is 8.09. The van der Waals surface area contributed by atoms with Gasteiger partial charge in [-0.1, -0.05) is 28.9 Å². The highest BCUT2D eigenvalue weighted by molar-refractivity contribution is 6.30. The van der Waals surface area contributed by atoms with Crippen LogP contribution in [0.25, 0.3) is 22.5 Å². The van der Waals surface area contributed by atoms with E-state index in [-0.39, 0.29) is 11.6 Å². The largest absolute Gasteiger partial charge is 0.380 e. The van der Waals surface area contributed by atoms with Crippen LogP contribution < -0.4 is 5.73 Å². The lowest BCUT2D eigenvalue weighted by molar-refractivity contribution is 0.436. The van der Waals surface area contributed by atoms with Crippen molar-refractivity contribution in [3.63, 3.8) is 0 Å². The first-order chi connectivity index (χ1) is 9.65. The summed E-state index contributed by atoms with van der Waals surface area (Å²) in [4.78, 5) is 0. The zero-order valence-corrected chi connectivity index (χ0v) is 11.1. The monoisotopic (exact) mass is 288 g/mol. The van der Waals surface area contributed by atoms with Gasteiger partial charge in [0.05, 0.1) is 5.56 Å². The molecule has 20 heavy (non-hydrogen) atoms. The Kier molecular flexibility index (Phi) is 3.16. The number of rotatable bonds is 2. The quantitative estimate of drug-likeness (QED) is 0.761. The molecule has 0 fully saturated rings. The molecule has 0 aliphatic rings. The first-order valence-electron chi connectivity index (χ1n) is 5.92. The Labute approximate surface area is 119 Å².